The van der Waals surface area contributed by atoms with Crippen LogP contribution in [0, 0.1) is 5.92 Å². The summed E-state index contributed by atoms with van der Waals surface area (Å²) in [5.41, 5.74) is 0.303. The number of hydrogen-bond donors (Lipinski definition) is 0. The number of hydrogen-bond acceptors (Lipinski definition) is 1. The predicted molar refractivity (Wildman–Crippen MR) is 53.6 cm³/mol. The molecular formula is C10H17BrO. The molecule has 70 valence electrons. The molecule has 0 N–H and O–H groups in total. The first-order valence-corrected chi connectivity index (χ1v) is 6.10. The molecule has 1 saturated carbocycles. The third-order valence-electron chi connectivity index (χ3n) is 3.32. The summed E-state index contributed by atoms with van der Waals surface area (Å²) in [6.07, 6.45) is 7.03. The average molecular weight is 233 g/mol. The first kappa shape index (κ1) is 9.01. The molecule has 1 saturated heterocycles. The summed E-state index contributed by atoms with van der Waals surface area (Å²) in [5, 5.41) is 1.02. The molecule has 3 unspecified atom stereocenters. The second-order valence-corrected chi connectivity index (χ2v) is 5.11. The quantitative estimate of drug-likeness (QED) is 0.632. The van der Waals surface area contributed by atoms with Crippen molar-refractivity contribution in [3.05, 3.63) is 0 Å². The Labute approximate surface area is 83.0 Å². The average Bonchev–Trinajstić information content (AvgIpc) is 2.61. The van der Waals surface area contributed by atoms with E-state index in [9.17, 15) is 0 Å². The molecule has 1 spiro atoms. The lowest BCUT2D eigenvalue weighted by Crippen LogP contribution is -2.25. The van der Waals surface area contributed by atoms with Gasteiger partial charge in [-0.1, -0.05) is 22.9 Å². The van der Waals surface area contributed by atoms with Crippen LogP contribution in [0.15, 0.2) is 0 Å². The normalized spacial score (nSPS) is 47.5. The van der Waals surface area contributed by atoms with Crippen molar-refractivity contribution in [1.29, 1.82) is 0 Å². The van der Waals surface area contributed by atoms with Crippen LogP contribution in [0.4, 0.5) is 0 Å². The summed E-state index contributed by atoms with van der Waals surface area (Å²) >= 11 is 3.50. The van der Waals surface area contributed by atoms with Crippen molar-refractivity contribution in [2.45, 2.75) is 50.7 Å². The van der Waals surface area contributed by atoms with Crippen molar-refractivity contribution in [3.8, 4) is 0 Å². The molecule has 0 aromatic carbocycles. The van der Waals surface area contributed by atoms with Gasteiger partial charge in [-0.3, -0.25) is 0 Å². The van der Waals surface area contributed by atoms with Crippen molar-refractivity contribution < 1.29 is 4.74 Å². The smallest absolute Gasteiger partial charge is 0.0690 e. The molecule has 2 fully saturated rings. The van der Waals surface area contributed by atoms with Crippen LogP contribution in [0.5, 0.6) is 0 Å². The number of ether oxygens (including phenoxy) is 1. The van der Waals surface area contributed by atoms with E-state index in [1.54, 1.807) is 0 Å². The fourth-order valence-corrected chi connectivity index (χ4v) is 3.14. The molecule has 0 aromatic rings. The molecular weight excluding hydrogens is 216 g/mol. The Kier molecular flexibility index (Phi) is 2.48. The summed E-state index contributed by atoms with van der Waals surface area (Å²) in [6, 6.07) is 0. The van der Waals surface area contributed by atoms with Gasteiger partial charge in [0.15, 0.2) is 0 Å². The number of rotatable bonds is 1. The minimum Gasteiger partial charge on any atom is -0.371 e. The van der Waals surface area contributed by atoms with Gasteiger partial charge in [0, 0.05) is 5.33 Å². The van der Waals surface area contributed by atoms with E-state index in [4.69, 9.17) is 4.74 Å². The lowest BCUT2D eigenvalue weighted by Gasteiger charge is -2.23. The van der Waals surface area contributed by atoms with Gasteiger partial charge in [0.1, 0.15) is 0 Å². The van der Waals surface area contributed by atoms with Crippen LogP contribution in [-0.4, -0.2) is 17.0 Å². The van der Waals surface area contributed by atoms with Gasteiger partial charge in [0.05, 0.1) is 11.7 Å². The van der Waals surface area contributed by atoms with Gasteiger partial charge in [-0.15, -0.1) is 0 Å². The summed E-state index contributed by atoms with van der Waals surface area (Å²) in [6.45, 7) is 2.35. The zero-order valence-corrected chi connectivity index (χ0v) is 9.27. The molecule has 0 amide bonds. The van der Waals surface area contributed by atoms with Gasteiger partial charge in [-0.25, -0.2) is 0 Å². The van der Waals surface area contributed by atoms with Crippen molar-refractivity contribution in [2.75, 3.05) is 5.33 Å². The fourth-order valence-electron chi connectivity index (χ4n) is 2.69. The number of halogens is 1. The van der Waals surface area contributed by atoms with Crippen molar-refractivity contribution in [1.82, 2.24) is 0 Å². The molecule has 2 rings (SSSR count). The van der Waals surface area contributed by atoms with Crippen LogP contribution in [0.3, 0.4) is 0 Å². The van der Waals surface area contributed by atoms with Gasteiger partial charge in [-0.05, 0) is 38.0 Å². The molecule has 1 heterocycles. The van der Waals surface area contributed by atoms with Crippen LogP contribution in [-0.2, 0) is 4.74 Å². The van der Waals surface area contributed by atoms with Crippen molar-refractivity contribution in [2.24, 2.45) is 5.92 Å². The molecule has 1 aliphatic heterocycles. The maximum absolute atomic E-state index is 6.08. The molecule has 0 bridgehead atoms. The highest BCUT2D eigenvalue weighted by Gasteiger charge is 2.44. The van der Waals surface area contributed by atoms with E-state index >= 15 is 0 Å². The van der Waals surface area contributed by atoms with E-state index in [2.05, 4.69) is 22.9 Å². The molecule has 2 aliphatic rings. The standard InChI is InChI=1S/C10H17BrO/c1-8-2-4-10(6-8)5-3-9(7-11)12-10/h8-9H,2-7H2,1H3. The largest absolute Gasteiger partial charge is 0.371 e. The Hall–Kier alpha value is 0.440. The minimum absolute atomic E-state index is 0.303. The molecule has 1 aliphatic carbocycles. The third-order valence-corrected chi connectivity index (χ3v) is 4.05. The zero-order chi connectivity index (χ0) is 8.60. The van der Waals surface area contributed by atoms with Gasteiger partial charge in [-0.2, -0.15) is 0 Å². The van der Waals surface area contributed by atoms with Crippen LogP contribution < -0.4 is 0 Å². The first-order valence-electron chi connectivity index (χ1n) is 4.98. The van der Waals surface area contributed by atoms with E-state index in [0.717, 1.165) is 11.2 Å². The van der Waals surface area contributed by atoms with E-state index in [0.29, 0.717) is 11.7 Å². The predicted octanol–water partition coefficient (Wildman–Crippen LogP) is 3.12. The Bertz CT molecular complexity index is 171. The maximum atomic E-state index is 6.08. The highest BCUT2D eigenvalue weighted by molar-refractivity contribution is 9.09. The van der Waals surface area contributed by atoms with E-state index < -0.39 is 0 Å². The Morgan fingerprint density at radius 3 is 2.67 bits per heavy atom. The molecule has 1 nitrogen and oxygen atoms in total. The van der Waals surface area contributed by atoms with Crippen LogP contribution >= 0.6 is 15.9 Å². The molecule has 0 radical (unpaired) electrons. The van der Waals surface area contributed by atoms with Gasteiger partial charge in [0.2, 0.25) is 0 Å². The zero-order valence-electron chi connectivity index (χ0n) is 7.68. The van der Waals surface area contributed by atoms with Gasteiger partial charge >= 0.3 is 0 Å². The Balaban J connectivity index is 1.97. The van der Waals surface area contributed by atoms with Crippen LogP contribution in [0.25, 0.3) is 0 Å². The lowest BCUT2D eigenvalue weighted by molar-refractivity contribution is -0.0285. The molecule has 2 heteroatoms. The van der Waals surface area contributed by atoms with Gasteiger partial charge in [0.25, 0.3) is 0 Å². The summed E-state index contributed by atoms with van der Waals surface area (Å²) in [7, 11) is 0. The SMILES string of the molecule is CC1CCC2(CCC(CBr)O2)C1. The molecule has 12 heavy (non-hydrogen) atoms. The van der Waals surface area contributed by atoms with Crippen molar-refractivity contribution >= 4 is 15.9 Å². The monoisotopic (exact) mass is 232 g/mol. The summed E-state index contributed by atoms with van der Waals surface area (Å²) in [5.74, 6) is 0.888. The molecule has 3 atom stereocenters. The second-order valence-electron chi connectivity index (χ2n) is 4.46. The summed E-state index contributed by atoms with van der Waals surface area (Å²) in [4.78, 5) is 0. The number of alkyl halides is 1. The minimum atomic E-state index is 0.303. The second kappa shape index (κ2) is 3.30. The van der Waals surface area contributed by atoms with E-state index in [1.807, 2.05) is 0 Å². The fraction of sp³-hybridized carbons (Fsp3) is 1.00. The highest BCUT2D eigenvalue weighted by Crippen LogP contribution is 2.45. The Morgan fingerprint density at radius 1 is 1.42 bits per heavy atom. The maximum Gasteiger partial charge on any atom is 0.0690 e. The van der Waals surface area contributed by atoms with E-state index in [-0.39, 0.29) is 0 Å². The van der Waals surface area contributed by atoms with E-state index in [1.165, 1.54) is 32.1 Å². The van der Waals surface area contributed by atoms with Gasteiger partial charge < -0.3 is 4.74 Å². The Morgan fingerprint density at radius 2 is 2.17 bits per heavy atom. The topological polar surface area (TPSA) is 9.23 Å². The summed E-state index contributed by atoms with van der Waals surface area (Å²) < 4.78 is 6.08. The highest BCUT2D eigenvalue weighted by atomic mass is 79.9. The van der Waals surface area contributed by atoms with Crippen LogP contribution in [0.1, 0.15) is 39.0 Å². The van der Waals surface area contributed by atoms with Crippen molar-refractivity contribution in [3.63, 3.8) is 0 Å². The third kappa shape index (κ3) is 1.56. The first-order chi connectivity index (χ1) is 5.74. The lowest BCUT2D eigenvalue weighted by atomic mass is 9.97. The van der Waals surface area contributed by atoms with Crippen LogP contribution in [0.2, 0.25) is 0 Å². The molecule has 0 aromatic heterocycles.